The van der Waals surface area contributed by atoms with E-state index in [1.807, 2.05) is 0 Å². The first-order chi connectivity index (χ1) is 8.62. The molecule has 0 radical (unpaired) electrons. The molecule has 1 saturated heterocycles. The molecule has 3 rings (SSSR count). The van der Waals surface area contributed by atoms with Crippen molar-refractivity contribution in [3.63, 3.8) is 0 Å². The van der Waals surface area contributed by atoms with E-state index in [1.165, 1.54) is 64.2 Å². The SMILES string of the molecule is CC1CCC(N)(C2CCOC3(CCCC3)C2)CC1. The van der Waals surface area contributed by atoms with Gasteiger partial charge in [0, 0.05) is 12.1 Å². The van der Waals surface area contributed by atoms with Crippen molar-refractivity contribution in [1.82, 2.24) is 0 Å². The van der Waals surface area contributed by atoms with Crippen LogP contribution in [0.25, 0.3) is 0 Å². The Balaban J connectivity index is 1.68. The van der Waals surface area contributed by atoms with Crippen molar-refractivity contribution in [2.75, 3.05) is 6.61 Å². The smallest absolute Gasteiger partial charge is 0.0685 e. The second-order valence-corrected chi connectivity index (χ2v) is 7.34. The predicted octanol–water partition coefficient (Wildman–Crippen LogP) is 3.63. The summed E-state index contributed by atoms with van der Waals surface area (Å²) in [7, 11) is 0. The molecule has 2 N–H and O–H groups in total. The van der Waals surface area contributed by atoms with Gasteiger partial charge < -0.3 is 10.5 Å². The van der Waals surface area contributed by atoms with Crippen LogP contribution in [0.15, 0.2) is 0 Å². The maximum Gasteiger partial charge on any atom is 0.0685 e. The Labute approximate surface area is 112 Å². The molecule has 0 bridgehead atoms. The highest BCUT2D eigenvalue weighted by molar-refractivity contribution is 5.01. The Bertz CT molecular complexity index is 287. The van der Waals surface area contributed by atoms with Gasteiger partial charge in [0.2, 0.25) is 0 Å². The molecule has 0 amide bonds. The maximum atomic E-state index is 6.79. The number of hydrogen-bond acceptors (Lipinski definition) is 2. The van der Waals surface area contributed by atoms with Gasteiger partial charge in [-0.25, -0.2) is 0 Å². The Morgan fingerprint density at radius 3 is 2.33 bits per heavy atom. The summed E-state index contributed by atoms with van der Waals surface area (Å²) in [4.78, 5) is 0. The maximum absolute atomic E-state index is 6.79. The standard InChI is InChI=1S/C16H29NO/c1-13-4-9-16(17,10-5-13)14-6-11-18-15(12-14)7-2-3-8-15/h13-14H,2-12,17H2,1H3. The molecule has 2 aliphatic carbocycles. The van der Waals surface area contributed by atoms with Crippen LogP contribution >= 0.6 is 0 Å². The Hall–Kier alpha value is -0.0800. The van der Waals surface area contributed by atoms with Crippen LogP contribution in [0.2, 0.25) is 0 Å². The average Bonchev–Trinajstić information content (AvgIpc) is 2.81. The quantitative estimate of drug-likeness (QED) is 0.772. The molecule has 1 aliphatic heterocycles. The third-order valence-corrected chi connectivity index (χ3v) is 6.03. The molecule has 2 nitrogen and oxygen atoms in total. The van der Waals surface area contributed by atoms with Crippen LogP contribution in [0, 0.1) is 11.8 Å². The lowest BCUT2D eigenvalue weighted by Crippen LogP contribution is -2.54. The third kappa shape index (κ3) is 2.34. The molecule has 3 fully saturated rings. The molecule has 3 aliphatic rings. The Morgan fingerprint density at radius 1 is 1.00 bits per heavy atom. The van der Waals surface area contributed by atoms with Gasteiger partial charge in [0.25, 0.3) is 0 Å². The van der Waals surface area contributed by atoms with Crippen LogP contribution in [0.4, 0.5) is 0 Å². The van der Waals surface area contributed by atoms with E-state index in [1.54, 1.807) is 0 Å². The van der Waals surface area contributed by atoms with E-state index in [4.69, 9.17) is 10.5 Å². The van der Waals surface area contributed by atoms with Crippen molar-refractivity contribution in [2.24, 2.45) is 17.6 Å². The lowest BCUT2D eigenvalue weighted by atomic mass is 9.65. The molecule has 2 saturated carbocycles. The number of nitrogens with two attached hydrogens (primary N) is 1. The summed E-state index contributed by atoms with van der Waals surface area (Å²) in [6, 6.07) is 0. The first kappa shape index (κ1) is 12.9. The fraction of sp³-hybridized carbons (Fsp3) is 1.00. The first-order valence-electron chi connectivity index (χ1n) is 8.05. The Morgan fingerprint density at radius 2 is 1.67 bits per heavy atom. The molecular weight excluding hydrogens is 222 g/mol. The molecule has 0 aromatic rings. The van der Waals surface area contributed by atoms with Crippen molar-refractivity contribution in [3.8, 4) is 0 Å². The lowest BCUT2D eigenvalue weighted by Gasteiger charge is -2.48. The van der Waals surface area contributed by atoms with Gasteiger partial charge in [0.05, 0.1) is 5.60 Å². The van der Waals surface area contributed by atoms with E-state index >= 15 is 0 Å². The van der Waals surface area contributed by atoms with E-state index in [0.717, 1.165) is 18.4 Å². The molecule has 0 aromatic heterocycles. The first-order valence-corrected chi connectivity index (χ1v) is 8.05. The number of hydrogen-bond donors (Lipinski definition) is 1. The van der Waals surface area contributed by atoms with Crippen molar-refractivity contribution in [1.29, 1.82) is 0 Å². The second kappa shape index (κ2) is 4.79. The van der Waals surface area contributed by atoms with Crippen LogP contribution in [-0.4, -0.2) is 17.7 Å². The highest BCUT2D eigenvalue weighted by Crippen LogP contribution is 2.47. The van der Waals surface area contributed by atoms with Gasteiger partial charge >= 0.3 is 0 Å². The minimum absolute atomic E-state index is 0.131. The van der Waals surface area contributed by atoms with Crippen molar-refractivity contribution in [2.45, 2.75) is 82.3 Å². The van der Waals surface area contributed by atoms with Crippen LogP contribution in [0.1, 0.15) is 71.1 Å². The van der Waals surface area contributed by atoms with E-state index in [0.29, 0.717) is 0 Å². The van der Waals surface area contributed by atoms with Gasteiger partial charge in [0.15, 0.2) is 0 Å². The fourth-order valence-corrected chi connectivity index (χ4v) is 4.59. The molecule has 18 heavy (non-hydrogen) atoms. The van der Waals surface area contributed by atoms with Gasteiger partial charge in [-0.15, -0.1) is 0 Å². The second-order valence-electron chi connectivity index (χ2n) is 7.34. The number of ether oxygens (including phenoxy) is 1. The zero-order valence-electron chi connectivity index (χ0n) is 11.9. The lowest BCUT2D eigenvalue weighted by molar-refractivity contribution is -0.108. The fourth-order valence-electron chi connectivity index (χ4n) is 4.59. The highest BCUT2D eigenvalue weighted by Gasteiger charge is 2.46. The monoisotopic (exact) mass is 251 g/mol. The molecule has 1 unspecified atom stereocenters. The van der Waals surface area contributed by atoms with Crippen LogP contribution in [0.3, 0.4) is 0 Å². The summed E-state index contributed by atoms with van der Waals surface area (Å²) in [6.45, 7) is 3.33. The van der Waals surface area contributed by atoms with Crippen LogP contribution < -0.4 is 5.73 Å². The van der Waals surface area contributed by atoms with Gasteiger partial charge in [-0.3, -0.25) is 0 Å². The third-order valence-electron chi connectivity index (χ3n) is 6.03. The zero-order chi connectivity index (χ0) is 12.6. The molecule has 1 heterocycles. The molecular formula is C16H29NO. The molecule has 1 spiro atoms. The van der Waals surface area contributed by atoms with Crippen molar-refractivity contribution in [3.05, 3.63) is 0 Å². The van der Waals surface area contributed by atoms with E-state index in [2.05, 4.69) is 6.92 Å². The van der Waals surface area contributed by atoms with E-state index < -0.39 is 0 Å². The average molecular weight is 251 g/mol. The summed E-state index contributed by atoms with van der Waals surface area (Å²) in [5, 5.41) is 0. The highest BCUT2D eigenvalue weighted by atomic mass is 16.5. The summed E-state index contributed by atoms with van der Waals surface area (Å²) >= 11 is 0. The normalized spacial score (nSPS) is 44.3. The summed E-state index contributed by atoms with van der Waals surface area (Å²) in [5.41, 5.74) is 7.16. The zero-order valence-corrected chi connectivity index (χ0v) is 11.9. The summed E-state index contributed by atoms with van der Waals surface area (Å²) in [6.07, 6.45) is 12.9. The van der Waals surface area contributed by atoms with Gasteiger partial charge in [0.1, 0.15) is 0 Å². The van der Waals surface area contributed by atoms with E-state index in [9.17, 15) is 0 Å². The van der Waals surface area contributed by atoms with Gasteiger partial charge in [-0.1, -0.05) is 19.8 Å². The topological polar surface area (TPSA) is 35.2 Å². The molecule has 0 aromatic carbocycles. The van der Waals surface area contributed by atoms with Crippen molar-refractivity contribution >= 4 is 0 Å². The minimum atomic E-state index is 0.131. The van der Waals surface area contributed by atoms with Crippen LogP contribution in [0.5, 0.6) is 0 Å². The van der Waals surface area contributed by atoms with Crippen molar-refractivity contribution < 1.29 is 4.74 Å². The molecule has 104 valence electrons. The van der Waals surface area contributed by atoms with Gasteiger partial charge in [-0.2, -0.15) is 0 Å². The van der Waals surface area contributed by atoms with E-state index in [-0.39, 0.29) is 11.1 Å². The summed E-state index contributed by atoms with van der Waals surface area (Å²) < 4.78 is 6.16. The minimum Gasteiger partial charge on any atom is -0.375 e. The Kier molecular flexibility index (Phi) is 3.44. The largest absolute Gasteiger partial charge is 0.375 e. The molecule has 2 heteroatoms. The summed E-state index contributed by atoms with van der Waals surface area (Å²) in [5.74, 6) is 1.61. The predicted molar refractivity (Wildman–Crippen MR) is 74.4 cm³/mol. The number of rotatable bonds is 1. The van der Waals surface area contributed by atoms with Crippen LogP contribution in [-0.2, 0) is 4.74 Å². The van der Waals surface area contributed by atoms with Gasteiger partial charge in [-0.05, 0) is 63.2 Å². The molecule has 1 atom stereocenters.